The first-order chi connectivity index (χ1) is 12.8. The van der Waals surface area contributed by atoms with Gasteiger partial charge in [0, 0.05) is 18.0 Å². The Bertz CT molecular complexity index is 810. The van der Waals surface area contributed by atoms with Crippen LogP contribution in [0.1, 0.15) is 37.3 Å². The minimum absolute atomic E-state index is 0.149. The van der Waals surface area contributed by atoms with Gasteiger partial charge in [-0.1, -0.05) is 35.5 Å². The van der Waals surface area contributed by atoms with Gasteiger partial charge >= 0.3 is 0 Å². The molecule has 0 spiro atoms. The average molecular weight is 348 g/mol. The van der Waals surface area contributed by atoms with E-state index in [9.17, 15) is 0 Å². The Morgan fingerprint density at radius 2 is 1.81 bits per heavy atom. The topological polar surface area (TPSA) is 55.1 Å². The van der Waals surface area contributed by atoms with Gasteiger partial charge in [0.25, 0.3) is 0 Å². The van der Waals surface area contributed by atoms with E-state index in [-0.39, 0.29) is 6.04 Å². The first-order valence-electron chi connectivity index (χ1n) is 9.31. The van der Waals surface area contributed by atoms with E-state index in [1.54, 1.807) is 12.4 Å². The molecule has 0 bridgehead atoms. The van der Waals surface area contributed by atoms with Crippen LogP contribution in [0.2, 0.25) is 0 Å². The molecule has 5 heteroatoms. The molecular weight excluding hydrogens is 324 g/mol. The number of likely N-dealkylation sites (tertiary alicyclic amines) is 1. The largest absolute Gasteiger partial charge is 0.337 e. The second-order valence-corrected chi connectivity index (χ2v) is 7.04. The quantitative estimate of drug-likeness (QED) is 0.693. The summed E-state index contributed by atoms with van der Waals surface area (Å²) >= 11 is 0. The third-order valence-corrected chi connectivity index (χ3v) is 5.30. The van der Waals surface area contributed by atoms with Crippen molar-refractivity contribution in [2.45, 2.75) is 32.2 Å². The molecule has 5 nitrogen and oxygen atoms in total. The number of pyridine rings is 1. The van der Waals surface area contributed by atoms with Crippen molar-refractivity contribution < 1.29 is 4.52 Å². The lowest BCUT2D eigenvalue weighted by molar-refractivity contribution is 0.119. The summed E-state index contributed by atoms with van der Waals surface area (Å²) in [7, 11) is 0. The van der Waals surface area contributed by atoms with Crippen LogP contribution >= 0.6 is 0 Å². The molecule has 0 saturated carbocycles. The smallest absolute Gasteiger partial charge is 0.244 e. The fourth-order valence-corrected chi connectivity index (χ4v) is 3.67. The van der Waals surface area contributed by atoms with Gasteiger partial charge < -0.3 is 4.52 Å². The summed E-state index contributed by atoms with van der Waals surface area (Å²) in [5.74, 6) is 2.09. The Balaban J connectivity index is 1.35. The molecule has 1 fully saturated rings. The lowest BCUT2D eigenvalue weighted by atomic mass is 9.89. The van der Waals surface area contributed by atoms with Crippen molar-refractivity contribution in [1.82, 2.24) is 20.0 Å². The van der Waals surface area contributed by atoms with Gasteiger partial charge in [0.05, 0.1) is 6.04 Å². The average Bonchev–Trinajstić information content (AvgIpc) is 3.20. The summed E-state index contributed by atoms with van der Waals surface area (Å²) in [6.07, 6.45) is 7.09. The van der Waals surface area contributed by atoms with Crippen LogP contribution in [0, 0.1) is 5.92 Å². The molecule has 1 aliphatic heterocycles. The number of aromatic nitrogens is 3. The summed E-state index contributed by atoms with van der Waals surface area (Å²) < 4.78 is 5.53. The number of piperidine rings is 1. The van der Waals surface area contributed by atoms with Crippen molar-refractivity contribution in [2.75, 3.05) is 13.1 Å². The fourth-order valence-electron chi connectivity index (χ4n) is 3.67. The number of nitrogens with zero attached hydrogens (tertiary/aromatic N) is 4. The highest BCUT2D eigenvalue weighted by Gasteiger charge is 2.27. The summed E-state index contributed by atoms with van der Waals surface area (Å²) in [5.41, 5.74) is 2.38. The zero-order valence-electron chi connectivity index (χ0n) is 15.1. The van der Waals surface area contributed by atoms with Crippen molar-refractivity contribution in [3.8, 4) is 11.4 Å². The maximum atomic E-state index is 5.53. The highest BCUT2D eigenvalue weighted by atomic mass is 16.5. The molecule has 134 valence electrons. The van der Waals surface area contributed by atoms with E-state index in [0.717, 1.165) is 24.6 Å². The Labute approximate surface area is 154 Å². The molecule has 1 saturated heterocycles. The molecule has 0 unspecified atom stereocenters. The lowest BCUT2D eigenvalue weighted by Crippen LogP contribution is -2.36. The molecule has 0 amide bonds. The fraction of sp³-hybridized carbons (Fsp3) is 0.381. The Kier molecular flexibility index (Phi) is 5.07. The van der Waals surface area contributed by atoms with Crippen LogP contribution in [0.15, 0.2) is 59.4 Å². The number of hydrogen-bond donors (Lipinski definition) is 0. The molecule has 0 aliphatic carbocycles. The van der Waals surface area contributed by atoms with E-state index in [4.69, 9.17) is 4.52 Å². The van der Waals surface area contributed by atoms with Crippen LogP contribution < -0.4 is 0 Å². The summed E-state index contributed by atoms with van der Waals surface area (Å²) in [6.45, 7) is 4.30. The highest BCUT2D eigenvalue weighted by Crippen LogP contribution is 2.28. The van der Waals surface area contributed by atoms with Gasteiger partial charge in [-0.15, -0.1) is 0 Å². The van der Waals surface area contributed by atoms with Gasteiger partial charge in [0.15, 0.2) is 0 Å². The van der Waals surface area contributed by atoms with Gasteiger partial charge in [0.1, 0.15) is 0 Å². The van der Waals surface area contributed by atoms with Crippen molar-refractivity contribution in [1.29, 1.82) is 0 Å². The first-order valence-corrected chi connectivity index (χ1v) is 9.31. The SMILES string of the molecule is C[C@@H](c1nc(-c2ccncc2)no1)N1CCC(Cc2ccccc2)CC1. The zero-order chi connectivity index (χ0) is 17.8. The van der Waals surface area contributed by atoms with Crippen molar-refractivity contribution in [2.24, 2.45) is 5.92 Å². The van der Waals surface area contributed by atoms with Gasteiger partial charge in [-0.05, 0) is 62.9 Å². The van der Waals surface area contributed by atoms with Crippen molar-refractivity contribution >= 4 is 0 Å². The number of hydrogen-bond acceptors (Lipinski definition) is 5. The predicted molar refractivity (Wildman–Crippen MR) is 100 cm³/mol. The molecular formula is C21H24N4O. The van der Waals surface area contributed by atoms with Crippen LogP contribution in [-0.4, -0.2) is 33.1 Å². The molecule has 3 aromatic rings. The van der Waals surface area contributed by atoms with Crippen LogP contribution in [-0.2, 0) is 6.42 Å². The second kappa shape index (κ2) is 7.79. The molecule has 1 aliphatic rings. The molecule has 4 rings (SSSR count). The Hall–Kier alpha value is -2.53. The highest BCUT2D eigenvalue weighted by molar-refractivity contribution is 5.52. The minimum atomic E-state index is 0.149. The third-order valence-electron chi connectivity index (χ3n) is 5.30. The zero-order valence-corrected chi connectivity index (χ0v) is 15.1. The van der Waals surface area contributed by atoms with E-state index >= 15 is 0 Å². The van der Waals surface area contributed by atoms with Crippen LogP contribution in [0.25, 0.3) is 11.4 Å². The number of rotatable bonds is 5. The summed E-state index contributed by atoms with van der Waals surface area (Å²) in [6, 6.07) is 14.7. The number of benzene rings is 1. The van der Waals surface area contributed by atoms with E-state index in [2.05, 4.69) is 57.3 Å². The third kappa shape index (κ3) is 3.83. The van der Waals surface area contributed by atoms with Crippen molar-refractivity contribution in [3.63, 3.8) is 0 Å². The first kappa shape index (κ1) is 16.9. The minimum Gasteiger partial charge on any atom is -0.337 e. The van der Waals surface area contributed by atoms with E-state index in [0.29, 0.717) is 11.7 Å². The predicted octanol–water partition coefficient (Wildman–Crippen LogP) is 4.15. The Morgan fingerprint density at radius 3 is 2.54 bits per heavy atom. The standard InChI is InChI=1S/C21H24N4O/c1-16(21-23-20(24-26-21)19-7-11-22-12-8-19)25-13-9-18(10-14-25)15-17-5-3-2-4-6-17/h2-8,11-12,16,18H,9-10,13-15H2,1H3/t16-/m0/s1. The normalized spacial score (nSPS) is 17.3. The molecule has 1 atom stereocenters. The maximum Gasteiger partial charge on any atom is 0.244 e. The van der Waals surface area contributed by atoms with E-state index < -0.39 is 0 Å². The van der Waals surface area contributed by atoms with Gasteiger partial charge in [-0.25, -0.2) is 0 Å². The molecule has 0 N–H and O–H groups in total. The van der Waals surface area contributed by atoms with Gasteiger partial charge in [-0.2, -0.15) is 4.98 Å². The Morgan fingerprint density at radius 1 is 1.08 bits per heavy atom. The summed E-state index contributed by atoms with van der Waals surface area (Å²) in [4.78, 5) is 11.1. The second-order valence-electron chi connectivity index (χ2n) is 7.04. The molecule has 0 radical (unpaired) electrons. The monoisotopic (exact) mass is 348 g/mol. The molecule has 1 aromatic carbocycles. The molecule has 2 aromatic heterocycles. The van der Waals surface area contributed by atoms with Crippen LogP contribution in [0.5, 0.6) is 0 Å². The lowest BCUT2D eigenvalue weighted by Gasteiger charge is -2.34. The van der Waals surface area contributed by atoms with Crippen LogP contribution in [0.4, 0.5) is 0 Å². The van der Waals surface area contributed by atoms with Crippen LogP contribution in [0.3, 0.4) is 0 Å². The van der Waals surface area contributed by atoms with Gasteiger partial charge in [-0.3, -0.25) is 9.88 Å². The van der Waals surface area contributed by atoms with E-state index in [1.807, 2.05) is 12.1 Å². The van der Waals surface area contributed by atoms with E-state index in [1.165, 1.54) is 24.8 Å². The van der Waals surface area contributed by atoms with Gasteiger partial charge in [0.2, 0.25) is 11.7 Å². The van der Waals surface area contributed by atoms with Crippen molar-refractivity contribution in [3.05, 3.63) is 66.3 Å². The molecule has 26 heavy (non-hydrogen) atoms. The maximum absolute atomic E-state index is 5.53. The molecule has 3 heterocycles. The summed E-state index contributed by atoms with van der Waals surface area (Å²) in [5, 5.41) is 4.13.